The van der Waals surface area contributed by atoms with E-state index in [9.17, 15) is 13.6 Å². The fourth-order valence-electron chi connectivity index (χ4n) is 4.16. The number of nitrogens with zero attached hydrogens (tertiary/aromatic N) is 1. The molecule has 1 fully saturated rings. The first-order chi connectivity index (χ1) is 15.8. The van der Waals surface area contributed by atoms with E-state index in [0.29, 0.717) is 6.54 Å². The standard InChI is InChI=1S/C25H30N2O5S/c1-31-24-11-10-18(12-25(24)32-22-7-3-4-8-22)15-26-21-13-20(16-27(28)17-21)19-6-5-9-23(14-19)33(2,29)30/h5-6,9-14,17,22,26,28H,3-4,7-8,15-16H2,1-2H3. The molecular formula is C25H30N2O5S. The van der Waals surface area contributed by atoms with Crippen molar-refractivity contribution in [2.75, 3.05) is 19.9 Å². The highest BCUT2D eigenvalue weighted by atomic mass is 32.2. The average molecular weight is 471 g/mol. The fraction of sp³-hybridized carbons (Fsp3) is 0.360. The molecule has 2 N–H and O–H groups in total. The Kier molecular flexibility index (Phi) is 6.95. The monoisotopic (exact) mass is 470 g/mol. The Balaban J connectivity index is 1.49. The van der Waals surface area contributed by atoms with E-state index in [-0.39, 0.29) is 17.5 Å². The van der Waals surface area contributed by atoms with Gasteiger partial charge in [0.1, 0.15) is 0 Å². The Labute approximate surface area is 195 Å². The van der Waals surface area contributed by atoms with Crippen LogP contribution in [0.2, 0.25) is 0 Å². The van der Waals surface area contributed by atoms with Crippen molar-refractivity contribution in [1.29, 1.82) is 0 Å². The molecule has 4 rings (SSSR count). The molecule has 0 amide bonds. The zero-order valence-corrected chi connectivity index (χ0v) is 19.8. The van der Waals surface area contributed by atoms with Gasteiger partial charge < -0.3 is 14.8 Å². The zero-order chi connectivity index (χ0) is 23.4. The van der Waals surface area contributed by atoms with Crippen LogP contribution in [0.3, 0.4) is 0 Å². The summed E-state index contributed by atoms with van der Waals surface area (Å²) in [4.78, 5) is 0.252. The van der Waals surface area contributed by atoms with E-state index in [2.05, 4.69) is 5.32 Å². The van der Waals surface area contributed by atoms with Crippen molar-refractivity contribution in [2.24, 2.45) is 0 Å². The lowest BCUT2D eigenvalue weighted by molar-refractivity contribution is -0.0292. The lowest BCUT2D eigenvalue weighted by Gasteiger charge is -2.23. The van der Waals surface area contributed by atoms with Gasteiger partial charge in [0.05, 0.1) is 36.6 Å². The minimum absolute atomic E-state index is 0.235. The van der Waals surface area contributed by atoms with Crippen LogP contribution < -0.4 is 14.8 Å². The predicted molar refractivity (Wildman–Crippen MR) is 127 cm³/mol. The SMILES string of the molecule is COc1ccc(CNC2=CN(O)CC(c3cccc(S(C)(=O)=O)c3)=C2)cc1OC1CCCC1. The molecule has 1 aliphatic heterocycles. The number of benzene rings is 2. The highest BCUT2D eigenvalue weighted by Gasteiger charge is 2.19. The van der Waals surface area contributed by atoms with Crippen LogP contribution in [0.25, 0.3) is 5.57 Å². The van der Waals surface area contributed by atoms with Crippen molar-refractivity contribution in [3.05, 3.63) is 71.6 Å². The van der Waals surface area contributed by atoms with Gasteiger partial charge in [0, 0.05) is 12.8 Å². The molecule has 8 heteroatoms. The molecule has 176 valence electrons. The van der Waals surface area contributed by atoms with E-state index in [1.165, 1.54) is 19.1 Å². The number of ether oxygens (including phenoxy) is 2. The number of hydrogen-bond acceptors (Lipinski definition) is 7. The summed E-state index contributed by atoms with van der Waals surface area (Å²) in [6.45, 7) is 0.790. The van der Waals surface area contributed by atoms with Crippen molar-refractivity contribution < 1.29 is 23.1 Å². The summed E-state index contributed by atoms with van der Waals surface area (Å²) in [6, 6.07) is 12.6. The number of nitrogens with one attached hydrogen (secondary N) is 1. The van der Waals surface area contributed by atoms with Crippen molar-refractivity contribution in [3.8, 4) is 11.5 Å². The summed E-state index contributed by atoms with van der Waals surface area (Å²) >= 11 is 0. The van der Waals surface area contributed by atoms with Gasteiger partial charge in [-0.15, -0.1) is 0 Å². The predicted octanol–water partition coefficient (Wildman–Crippen LogP) is 4.14. The topological polar surface area (TPSA) is 88.1 Å². The molecule has 1 aliphatic carbocycles. The van der Waals surface area contributed by atoms with Gasteiger partial charge in [-0.05, 0) is 72.7 Å². The molecule has 0 bridgehead atoms. The summed E-state index contributed by atoms with van der Waals surface area (Å²) < 4.78 is 35.5. The van der Waals surface area contributed by atoms with Crippen molar-refractivity contribution in [1.82, 2.24) is 10.4 Å². The van der Waals surface area contributed by atoms with Gasteiger partial charge in [-0.25, -0.2) is 8.42 Å². The number of methoxy groups -OCH3 is 1. The minimum Gasteiger partial charge on any atom is -0.493 e. The number of rotatable bonds is 8. The molecule has 2 aliphatic rings. The molecule has 0 spiro atoms. The molecule has 2 aromatic rings. The van der Waals surface area contributed by atoms with Crippen LogP contribution in [0, 0.1) is 0 Å². The van der Waals surface area contributed by atoms with Crippen molar-refractivity contribution in [3.63, 3.8) is 0 Å². The Morgan fingerprint density at radius 2 is 1.91 bits per heavy atom. The molecule has 0 aromatic heterocycles. The molecule has 1 heterocycles. The van der Waals surface area contributed by atoms with Crippen LogP contribution in [-0.2, 0) is 16.4 Å². The first kappa shape index (κ1) is 23.2. The summed E-state index contributed by atoms with van der Waals surface area (Å²) in [6.07, 6.45) is 9.49. The number of hydroxylamine groups is 2. The van der Waals surface area contributed by atoms with E-state index in [0.717, 1.165) is 51.8 Å². The normalized spacial score (nSPS) is 16.9. The summed E-state index contributed by atoms with van der Waals surface area (Å²) in [5.74, 6) is 1.47. The maximum absolute atomic E-state index is 11.9. The third kappa shape index (κ3) is 5.89. The van der Waals surface area contributed by atoms with Crippen molar-refractivity contribution in [2.45, 2.75) is 43.2 Å². The maximum atomic E-state index is 11.9. The highest BCUT2D eigenvalue weighted by molar-refractivity contribution is 7.90. The summed E-state index contributed by atoms with van der Waals surface area (Å²) in [7, 11) is -1.67. The van der Waals surface area contributed by atoms with Crippen LogP contribution in [0.15, 0.2) is 65.3 Å². The molecule has 0 unspecified atom stereocenters. The Hall–Kier alpha value is -2.97. The minimum atomic E-state index is -3.31. The number of allylic oxidation sites excluding steroid dienone is 1. The largest absolute Gasteiger partial charge is 0.493 e. The molecule has 0 saturated heterocycles. The van der Waals surface area contributed by atoms with Crippen molar-refractivity contribution >= 4 is 15.4 Å². The Bertz CT molecular complexity index is 1170. The van der Waals surface area contributed by atoms with E-state index in [4.69, 9.17) is 9.47 Å². The second-order valence-electron chi connectivity index (χ2n) is 8.51. The lowest BCUT2D eigenvalue weighted by atomic mass is 10.0. The Morgan fingerprint density at radius 1 is 1.12 bits per heavy atom. The zero-order valence-electron chi connectivity index (χ0n) is 19.0. The number of sulfone groups is 1. The van der Waals surface area contributed by atoms with Crippen LogP contribution >= 0.6 is 0 Å². The maximum Gasteiger partial charge on any atom is 0.175 e. The quantitative estimate of drug-likeness (QED) is 0.599. The summed E-state index contributed by atoms with van der Waals surface area (Å²) in [5.41, 5.74) is 3.31. The van der Waals surface area contributed by atoms with Gasteiger partial charge in [-0.2, -0.15) is 0 Å². The third-order valence-electron chi connectivity index (χ3n) is 5.90. The van der Waals surface area contributed by atoms with Crippen LogP contribution in [0.4, 0.5) is 0 Å². The van der Waals surface area contributed by atoms with Gasteiger partial charge in [0.2, 0.25) is 0 Å². The van der Waals surface area contributed by atoms with Crippen LogP contribution in [-0.4, -0.2) is 44.7 Å². The van der Waals surface area contributed by atoms with E-state index in [1.54, 1.807) is 31.5 Å². The number of hydrogen-bond donors (Lipinski definition) is 2. The van der Waals surface area contributed by atoms with Gasteiger partial charge in [0.15, 0.2) is 21.3 Å². The van der Waals surface area contributed by atoms with Gasteiger partial charge in [-0.1, -0.05) is 18.2 Å². The Morgan fingerprint density at radius 3 is 2.64 bits per heavy atom. The first-order valence-electron chi connectivity index (χ1n) is 11.1. The molecule has 0 radical (unpaired) electrons. The first-order valence-corrected chi connectivity index (χ1v) is 13.0. The van der Waals surface area contributed by atoms with Gasteiger partial charge >= 0.3 is 0 Å². The molecule has 33 heavy (non-hydrogen) atoms. The van der Waals surface area contributed by atoms with Gasteiger partial charge in [-0.3, -0.25) is 10.3 Å². The fourth-order valence-corrected chi connectivity index (χ4v) is 4.83. The van der Waals surface area contributed by atoms with E-state index < -0.39 is 9.84 Å². The van der Waals surface area contributed by atoms with E-state index in [1.807, 2.05) is 30.3 Å². The molecular weight excluding hydrogens is 440 g/mol. The average Bonchev–Trinajstić information content (AvgIpc) is 3.30. The van der Waals surface area contributed by atoms with Gasteiger partial charge in [0.25, 0.3) is 0 Å². The molecule has 0 atom stereocenters. The summed E-state index contributed by atoms with van der Waals surface area (Å²) in [5, 5.41) is 14.7. The van der Waals surface area contributed by atoms with Crippen LogP contribution in [0.1, 0.15) is 36.8 Å². The second-order valence-corrected chi connectivity index (χ2v) is 10.5. The molecule has 2 aromatic carbocycles. The van der Waals surface area contributed by atoms with E-state index >= 15 is 0 Å². The third-order valence-corrected chi connectivity index (χ3v) is 7.01. The highest BCUT2D eigenvalue weighted by Crippen LogP contribution is 2.32. The smallest absolute Gasteiger partial charge is 0.175 e. The lowest BCUT2D eigenvalue weighted by Crippen LogP contribution is -2.24. The molecule has 1 saturated carbocycles. The molecule has 7 nitrogen and oxygen atoms in total. The van der Waals surface area contributed by atoms with Crippen LogP contribution in [0.5, 0.6) is 11.5 Å². The second kappa shape index (κ2) is 9.89.